The van der Waals surface area contributed by atoms with Gasteiger partial charge in [0.1, 0.15) is 5.25 Å². The Morgan fingerprint density at radius 1 is 1.20 bits per heavy atom. The van der Waals surface area contributed by atoms with E-state index in [2.05, 4.69) is 10.6 Å². The summed E-state index contributed by atoms with van der Waals surface area (Å²) >= 11 is 0. The number of amides is 1. The van der Waals surface area contributed by atoms with Gasteiger partial charge in [0.2, 0.25) is 5.91 Å². The van der Waals surface area contributed by atoms with E-state index >= 15 is 0 Å². The lowest BCUT2D eigenvalue weighted by molar-refractivity contribution is -0.115. The molecule has 2 heterocycles. The molecule has 0 radical (unpaired) electrons. The number of carbonyl (C=O) groups is 1. The molecule has 0 aromatic heterocycles. The number of para-hydroxylation sites is 1. The Bertz CT molecular complexity index is 623. The number of rotatable bonds is 3. The Morgan fingerprint density at radius 3 is 2.65 bits per heavy atom. The third-order valence-corrected chi connectivity index (χ3v) is 6.26. The molecule has 20 heavy (non-hydrogen) atoms. The van der Waals surface area contributed by atoms with Gasteiger partial charge in [-0.15, -0.1) is 0 Å². The van der Waals surface area contributed by atoms with Gasteiger partial charge >= 0.3 is 0 Å². The molecule has 108 valence electrons. The average molecular weight is 294 g/mol. The van der Waals surface area contributed by atoms with Crippen LogP contribution < -0.4 is 10.6 Å². The largest absolute Gasteiger partial charge is 0.325 e. The van der Waals surface area contributed by atoms with Gasteiger partial charge in [0, 0.05) is 18.8 Å². The number of benzene rings is 1. The lowest BCUT2D eigenvalue weighted by atomic mass is 10.1. The van der Waals surface area contributed by atoms with E-state index in [4.69, 9.17) is 0 Å². The van der Waals surface area contributed by atoms with Gasteiger partial charge in [-0.1, -0.05) is 18.2 Å². The smallest absolute Gasteiger partial charge is 0.242 e. The fourth-order valence-electron chi connectivity index (χ4n) is 2.74. The van der Waals surface area contributed by atoms with Gasteiger partial charge in [0.05, 0.1) is 5.75 Å². The second-order valence-electron chi connectivity index (χ2n) is 5.53. The molecular weight excluding hydrogens is 276 g/mol. The Kier molecular flexibility index (Phi) is 3.52. The third-order valence-electron chi connectivity index (χ3n) is 4.01. The maximum Gasteiger partial charge on any atom is 0.242 e. The maximum atomic E-state index is 12.4. The predicted octanol–water partition coefficient (Wildman–Crippen LogP) is 0.574. The number of nitrogens with one attached hydrogen (secondary N) is 2. The Balaban J connectivity index is 1.80. The molecule has 1 atom stereocenters. The van der Waals surface area contributed by atoms with Gasteiger partial charge in [-0.05, 0) is 30.4 Å². The van der Waals surface area contributed by atoms with Crippen LogP contribution in [-0.4, -0.2) is 38.4 Å². The first-order valence-electron chi connectivity index (χ1n) is 6.87. The summed E-state index contributed by atoms with van der Waals surface area (Å²) in [5, 5.41) is 4.89. The molecule has 5 nitrogen and oxygen atoms in total. The van der Waals surface area contributed by atoms with E-state index in [1.807, 2.05) is 24.3 Å². The van der Waals surface area contributed by atoms with Crippen molar-refractivity contribution in [2.45, 2.75) is 18.1 Å². The molecule has 0 bridgehead atoms. The highest BCUT2D eigenvalue weighted by molar-refractivity contribution is 7.92. The summed E-state index contributed by atoms with van der Waals surface area (Å²) in [6, 6.07) is 7.49. The zero-order chi connectivity index (χ0) is 14.2. The van der Waals surface area contributed by atoms with Crippen molar-refractivity contribution < 1.29 is 13.2 Å². The minimum Gasteiger partial charge on any atom is -0.325 e. The van der Waals surface area contributed by atoms with Gasteiger partial charge in [0.25, 0.3) is 0 Å². The summed E-state index contributed by atoms with van der Waals surface area (Å²) in [5.74, 6) is -0.130. The number of fused-ring (bicyclic) bond motifs is 1. The molecule has 6 heteroatoms. The highest BCUT2D eigenvalue weighted by Crippen LogP contribution is 2.25. The van der Waals surface area contributed by atoms with E-state index in [0.29, 0.717) is 12.8 Å². The summed E-state index contributed by atoms with van der Waals surface area (Å²) in [4.78, 5) is 12.2. The van der Waals surface area contributed by atoms with Gasteiger partial charge in [0.15, 0.2) is 9.84 Å². The van der Waals surface area contributed by atoms with E-state index in [-0.39, 0.29) is 17.6 Å². The van der Waals surface area contributed by atoms with Crippen LogP contribution >= 0.6 is 0 Å². The number of hydrogen-bond donors (Lipinski definition) is 2. The maximum absolute atomic E-state index is 12.4. The quantitative estimate of drug-likeness (QED) is 0.855. The number of carbonyl (C=O) groups excluding carboxylic acids is 1. The summed E-state index contributed by atoms with van der Waals surface area (Å²) in [7, 11) is -3.39. The van der Waals surface area contributed by atoms with Gasteiger partial charge in [-0.2, -0.15) is 0 Å². The second-order valence-corrected chi connectivity index (χ2v) is 7.76. The van der Waals surface area contributed by atoms with Crippen LogP contribution in [-0.2, 0) is 21.1 Å². The second kappa shape index (κ2) is 5.18. The molecule has 0 spiro atoms. The third kappa shape index (κ3) is 2.58. The van der Waals surface area contributed by atoms with E-state index in [9.17, 15) is 13.2 Å². The molecule has 2 aliphatic rings. The van der Waals surface area contributed by atoms with Crippen LogP contribution in [0.2, 0.25) is 0 Å². The fraction of sp³-hybridized carbons (Fsp3) is 0.500. The molecule has 1 saturated heterocycles. The number of anilines is 1. The fourth-order valence-corrected chi connectivity index (χ4v) is 4.73. The first-order valence-corrected chi connectivity index (χ1v) is 8.59. The van der Waals surface area contributed by atoms with Crippen molar-refractivity contribution in [2.24, 2.45) is 5.92 Å². The first-order chi connectivity index (χ1) is 9.56. The van der Waals surface area contributed by atoms with Gasteiger partial charge < -0.3 is 10.6 Å². The first kappa shape index (κ1) is 13.6. The van der Waals surface area contributed by atoms with E-state index < -0.39 is 15.1 Å². The van der Waals surface area contributed by atoms with Crippen molar-refractivity contribution in [3.8, 4) is 0 Å². The summed E-state index contributed by atoms with van der Waals surface area (Å²) < 4.78 is 24.8. The molecule has 1 unspecified atom stereocenters. The standard InChI is InChI=1S/C14H18N2O3S/c17-14-13(20(18,19)9-10-7-15-8-10)6-5-11-3-1-2-4-12(11)16-14/h1-4,10,13,15H,5-9H2,(H,16,17). The number of sulfone groups is 1. The Hall–Kier alpha value is -1.40. The molecule has 1 fully saturated rings. The van der Waals surface area contributed by atoms with Gasteiger partial charge in [-0.3, -0.25) is 4.79 Å². The van der Waals surface area contributed by atoms with E-state index in [1.165, 1.54) is 0 Å². The van der Waals surface area contributed by atoms with Crippen molar-refractivity contribution >= 4 is 21.4 Å². The van der Waals surface area contributed by atoms with Crippen LogP contribution in [0.25, 0.3) is 0 Å². The molecule has 2 aliphatic heterocycles. The van der Waals surface area contributed by atoms with Crippen molar-refractivity contribution in [2.75, 3.05) is 24.2 Å². The van der Waals surface area contributed by atoms with E-state index in [1.54, 1.807) is 0 Å². The number of aryl methyl sites for hydroxylation is 1. The minimum atomic E-state index is -3.39. The molecule has 2 N–H and O–H groups in total. The normalized spacial score (nSPS) is 23.4. The van der Waals surface area contributed by atoms with Crippen molar-refractivity contribution in [3.05, 3.63) is 29.8 Å². The van der Waals surface area contributed by atoms with Crippen LogP contribution in [0.4, 0.5) is 5.69 Å². The molecule has 1 amide bonds. The Morgan fingerprint density at radius 2 is 1.95 bits per heavy atom. The minimum absolute atomic E-state index is 0.106. The Labute approximate surface area is 118 Å². The molecule has 0 saturated carbocycles. The van der Waals surface area contributed by atoms with Crippen LogP contribution in [0.1, 0.15) is 12.0 Å². The number of hydrogen-bond acceptors (Lipinski definition) is 4. The van der Waals surface area contributed by atoms with Crippen LogP contribution in [0.3, 0.4) is 0 Å². The zero-order valence-corrected chi connectivity index (χ0v) is 11.9. The van der Waals surface area contributed by atoms with Gasteiger partial charge in [-0.25, -0.2) is 8.42 Å². The van der Waals surface area contributed by atoms with Crippen LogP contribution in [0.5, 0.6) is 0 Å². The summed E-state index contributed by atoms with van der Waals surface area (Å²) in [6.07, 6.45) is 0.979. The van der Waals surface area contributed by atoms with Crippen molar-refractivity contribution in [1.82, 2.24) is 5.32 Å². The van der Waals surface area contributed by atoms with Crippen LogP contribution in [0, 0.1) is 5.92 Å². The average Bonchev–Trinajstić information content (AvgIpc) is 2.52. The topological polar surface area (TPSA) is 75.3 Å². The lowest BCUT2D eigenvalue weighted by Gasteiger charge is -2.28. The molecule has 1 aromatic rings. The zero-order valence-electron chi connectivity index (χ0n) is 11.1. The van der Waals surface area contributed by atoms with Crippen molar-refractivity contribution in [1.29, 1.82) is 0 Å². The molecular formula is C14H18N2O3S. The highest BCUT2D eigenvalue weighted by atomic mass is 32.2. The molecule has 0 aliphatic carbocycles. The monoisotopic (exact) mass is 294 g/mol. The van der Waals surface area contributed by atoms with Crippen LogP contribution in [0.15, 0.2) is 24.3 Å². The van der Waals surface area contributed by atoms with E-state index in [0.717, 1.165) is 24.3 Å². The lowest BCUT2D eigenvalue weighted by Crippen LogP contribution is -2.48. The SMILES string of the molecule is O=C1Nc2ccccc2CCC1S(=O)(=O)CC1CNC1. The predicted molar refractivity (Wildman–Crippen MR) is 77.3 cm³/mol. The molecule has 1 aromatic carbocycles. The van der Waals surface area contributed by atoms with Crippen molar-refractivity contribution in [3.63, 3.8) is 0 Å². The molecule has 3 rings (SSSR count). The summed E-state index contributed by atoms with van der Waals surface area (Å²) in [5.41, 5.74) is 1.74. The summed E-state index contributed by atoms with van der Waals surface area (Å²) in [6.45, 7) is 1.46. The highest BCUT2D eigenvalue weighted by Gasteiger charge is 2.37.